The Hall–Kier alpha value is 0.310. The molecule has 13 heavy (non-hydrogen) atoms. The van der Waals surface area contributed by atoms with Crippen LogP contribution in [0.15, 0.2) is 0 Å². The largest absolute Gasteiger partial charge is 0.390 e. The van der Waals surface area contributed by atoms with E-state index in [2.05, 4.69) is 6.26 Å². The molecule has 0 saturated heterocycles. The van der Waals surface area contributed by atoms with Crippen LogP contribution in [0.3, 0.4) is 0 Å². The molecule has 2 heteroatoms. The van der Waals surface area contributed by atoms with Crippen molar-refractivity contribution in [2.45, 2.75) is 48.9 Å². The number of hydrogen-bond donors (Lipinski definition) is 1. The van der Waals surface area contributed by atoms with Gasteiger partial charge in [-0.3, -0.25) is 0 Å². The van der Waals surface area contributed by atoms with Gasteiger partial charge in [0.1, 0.15) is 0 Å². The highest BCUT2D eigenvalue weighted by Crippen LogP contribution is 2.61. The highest BCUT2D eigenvalue weighted by Gasteiger charge is 2.56. The molecule has 0 heterocycles. The first-order valence-corrected chi connectivity index (χ1v) is 6.63. The van der Waals surface area contributed by atoms with Gasteiger partial charge in [0, 0.05) is 4.75 Å². The predicted octanol–water partition coefficient (Wildman–Crippen LogP) is 2.43. The topological polar surface area (TPSA) is 20.2 Å². The lowest BCUT2D eigenvalue weighted by Gasteiger charge is -2.59. The van der Waals surface area contributed by atoms with Gasteiger partial charge in [-0.25, -0.2) is 0 Å². The summed E-state index contributed by atoms with van der Waals surface area (Å²) in [6, 6.07) is 0. The summed E-state index contributed by atoms with van der Waals surface area (Å²) in [5.41, 5.74) is -0.257. The molecule has 0 radical (unpaired) electrons. The molecule has 4 fully saturated rings. The monoisotopic (exact) mass is 198 g/mol. The molecule has 0 aromatic rings. The van der Waals surface area contributed by atoms with Gasteiger partial charge < -0.3 is 5.11 Å². The number of thioether (sulfide) groups is 1. The maximum Gasteiger partial charge on any atom is 0.0666 e. The molecule has 0 aromatic carbocycles. The third-order valence-electron chi connectivity index (χ3n) is 4.41. The second-order valence-corrected chi connectivity index (χ2v) is 6.85. The van der Waals surface area contributed by atoms with Crippen molar-refractivity contribution < 1.29 is 5.11 Å². The Balaban J connectivity index is 1.95. The Morgan fingerprint density at radius 2 is 1.77 bits per heavy atom. The van der Waals surface area contributed by atoms with Crippen LogP contribution in [0, 0.1) is 11.8 Å². The minimum atomic E-state index is -0.257. The van der Waals surface area contributed by atoms with Crippen molar-refractivity contribution in [2.75, 3.05) is 6.26 Å². The van der Waals surface area contributed by atoms with E-state index in [1.165, 1.54) is 19.3 Å². The van der Waals surface area contributed by atoms with Crippen molar-refractivity contribution >= 4 is 11.8 Å². The molecule has 4 aliphatic rings. The fourth-order valence-electron chi connectivity index (χ4n) is 4.37. The highest BCUT2D eigenvalue weighted by atomic mass is 32.2. The third kappa shape index (κ3) is 1.18. The molecule has 2 unspecified atom stereocenters. The van der Waals surface area contributed by atoms with Crippen LogP contribution in [0.5, 0.6) is 0 Å². The van der Waals surface area contributed by atoms with Crippen molar-refractivity contribution in [2.24, 2.45) is 11.8 Å². The van der Waals surface area contributed by atoms with Crippen LogP contribution in [0.2, 0.25) is 0 Å². The van der Waals surface area contributed by atoms with E-state index in [0.717, 1.165) is 31.1 Å². The van der Waals surface area contributed by atoms with Gasteiger partial charge in [0.25, 0.3) is 0 Å². The van der Waals surface area contributed by atoms with Gasteiger partial charge in [0.15, 0.2) is 0 Å². The van der Waals surface area contributed by atoms with Gasteiger partial charge in [-0.1, -0.05) is 0 Å². The van der Waals surface area contributed by atoms with E-state index >= 15 is 0 Å². The summed E-state index contributed by atoms with van der Waals surface area (Å²) in [6.45, 7) is 0. The summed E-state index contributed by atoms with van der Waals surface area (Å²) >= 11 is 2.02. The summed E-state index contributed by atoms with van der Waals surface area (Å²) in [5.74, 6) is 1.69. The Labute approximate surface area is 84.3 Å². The smallest absolute Gasteiger partial charge is 0.0666 e. The van der Waals surface area contributed by atoms with E-state index in [-0.39, 0.29) is 5.60 Å². The summed E-state index contributed by atoms with van der Waals surface area (Å²) in [6.07, 6.45) is 9.69. The van der Waals surface area contributed by atoms with Crippen LogP contribution >= 0.6 is 11.8 Å². The minimum Gasteiger partial charge on any atom is -0.390 e. The van der Waals surface area contributed by atoms with Gasteiger partial charge in [-0.2, -0.15) is 11.8 Å². The average molecular weight is 198 g/mol. The molecule has 0 spiro atoms. The lowest BCUT2D eigenvalue weighted by atomic mass is 9.54. The summed E-state index contributed by atoms with van der Waals surface area (Å²) in [4.78, 5) is 0. The SMILES string of the molecule is CSC12CC3CC(CC(O)(C3)C1)C2. The van der Waals surface area contributed by atoms with Crippen molar-refractivity contribution in [3.8, 4) is 0 Å². The van der Waals surface area contributed by atoms with Gasteiger partial charge >= 0.3 is 0 Å². The molecule has 74 valence electrons. The summed E-state index contributed by atoms with van der Waals surface area (Å²) in [7, 11) is 0. The summed E-state index contributed by atoms with van der Waals surface area (Å²) in [5, 5.41) is 10.4. The van der Waals surface area contributed by atoms with E-state index in [0.29, 0.717) is 4.75 Å². The second kappa shape index (κ2) is 2.46. The highest BCUT2D eigenvalue weighted by molar-refractivity contribution is 8.00. The van der Waals surface area contributed by atoms with Crippen molar-refractivity contribution in [3.63, 3.8) is 0 Å². The number of aliphatic hydroxyl groups is 1. The van der Waals surface area contributed by atoms with Crippen LogP contribution in [0.25, 0.3) is 0 Å². The van der Waals surface area contributed by atoms with E-state index in [4.69, 9.17) is 0 Å². The van der Waals surface area contributed by atoms with Crippen LogP contribution in [0.4, 0.5) is 0 Å². The van der Waals surface area contributed by atoms with Crippen molar-refractivity contribution in [3.05, 3.63) is 0 Å². The normalized spacial score (nSPS) is 58.6. The first kappa shape index (κ1) is 8.60. The van der Waals surface area contributed by atoms with Crippen LogP contribution in [0.1, 0.15) is 38.5 Å². The molecule has 0 aliphatic heterocycles. The molecular formula is C11H18OS. The van der Waals surface area contributed by atoms with E-state index < -0.39 is 0 Å². The fraction of sp³-hybridized carbons (Fsp3) is 1.00. The van der Waals surface area contributed by atoms with E-state index in [9.17, 15) is 5.11 Å². The first-order valence-electron chi connectivity index (χ1n) is 5.41. The fourth-order valence-corrected chi connectivity index (χ4v) is 5.59. The second-order valence-electron chi connectivity index (χ2n) is 5.57. The molecular weight excluding hydrogens is 180 g/mol. The van der Waals surface area contributed by atoms with Gasteiger partial charge in [0.2, 0.25) is 0 Å². The van der Waals surface area contributed by atoms with Crippen LogP contribution in [-0.2, 0) is 0 Å². The molecule has 0 aromatic heterocycles. The van der Waals surface area contributed by atoms with Crippen LogP contribution < -0.4 is 0 Å². The van der Waals surface area contributed by atoms with Gasteiger partial charge in [-0.15, -0.1) is 0 Å². The zero-order valence-electron chi connectivity index (χ0n) is 8.25. The Kier molecular flexibility index (Phi) is 1.63. The lowest BCUT2D eigenvalue weighted by molar-refractivity contribution is -0.113. The Bertz CT molecular complexity index is 224. The maximum atomic E-state index is 10.4. The lowest BCUT2D eigenvalue weighted by Crippen LogP contribution is -2.57. The molecule has 4 rings (SSSR count). The molecule has 4 aliphatic carbocycles. The predicted molar refractivity (Wildman–Crippen MR) is 55.9 cm³/mol. The molecule has 1 nitrogen and oxygen atoms in total. The molecule has 4 bridgehead atoms. The van der Waals surface area contributed by atoms with Crippen molar-refractivity contribution in [1.29, 1.82) is 0 Å². The Morgan fingerprint density at radius 1 is 1.15 bits per heavy atom. The van der Waals surface area contributed by atoms with E-state index in [1.807, 2.05) is 11.8 Å². The summed E-state index contributed by atoms with van der Waals surface area (Å²) < 4.78 is 0.471. The molecule has 4 saturated carbocycles. The standard InChI is InChI=1S/C11H18OS/c1-13-11-5-8-2-9(6-11)4-10(12,3-8)7-11/h8-9,12H,2-7H2,1H3. The number of hydrogen-bond acceptors (Lipinski definition) is 2. The average Bonchev–Trinajstić information content (AvgIpc) is 1.99. The zero-order chi connectivity index (χ0) is 9.10. The number of rotatable bonds is 1. The zero-order valence-corrected chi connectivity index (χ0v) is 9.07. The quantitative estimate of drug-likeness (QED) is 0.698. The molecule has 0 amide bonds. The minimum absolute atomic E-state index is 0.257. The maximum absolute atomic E-state index is 10.4. The van der Waals surface area contributed by atoms with Gasteiger partial charge in [0.05, 0.1) is 5.60 Å². The molecule has 2 atom stereocenters. The van der Waals surface area contributed by atoms with Crippen LogP contribution in [-0.4, -0.2) is 21.7 Å². The van der Waals surface area contributed by atoms with E-state index in [1.54, 1.807) is 0 Å². The third-order valence-corrected chi connectivity index (χ3v) is 5.75. The van der Waals surface area contributed by atoms with Crippen molar-refractivity contribution in [1.82, 2.24) is 0 Å². The van der Waals surface area contributed by atoms with Gasteiger partial charge in [-0.05, 0) is 56.6 Å². The first-order chi connectivity index (χ1) is 6.13. The molecule has 1 N–H and O–H groups in total. The Morgan fingerprint density at radius 3 is 2.23 bits per heavy atom.